The molecule has 0 spiro atoms. The van der Waals surface area contributed by atoms with Gasteiger partial charge in [0.15, 0.2) is 0 Å². The Kier molecular flexibility index (Phi) is 8.15. The fraction of sp³-hybridized carbons (Fsp3) is 0.938. The molecule has 4 nitrogen and oxygen atoms in total. The van der Waals surface area contributed by atoms with Gasteiger partial charge in [-0.25, -0.2) is 0 Å². The van der Waals surface area contributed by atoms with E-state index >= 15 is 0 Å². The smallest absolute Gasteiger partial charge is 0.237 e. The number of carbonyl (C=O) groups excluding carboxylic acids is 1. The first kappa shape index (κ1) is 17.4. The summed E-state index contributed by atoms with van der Waals surface area (Å²) in [6, 6.07) is 0.446. The normalized spacial score (nSPS) is 21.8. The highest BCUT2D eigenvalue weighted by atomic mass is 16.2. The monoisotopic (exact) mass is 283 g/mol. The Labute approximate surface area is 124 Å². The molecule has 1 aliphatic rings. The van der Waals surface area contributed by atoms with Crippen molar-refractivity contribution >= 4 is 5.91 Å². The van der Waals surface area contributed by atoms with E-state index in [1.54, 1.807) is 0 Å². The van der Waals surface area contributed by atoms with Gasteiger partial charge in [-0.3, -0.25) is 4.79 Å². The van der Waals surface area contributed by atoms with E-state index in [1.807, 2.05) is 0 Å². The fourth-order valence-corrected chi connectivity index (χ4v) is 3.18. The van der Waals surface area contributed by atoms with E-state index in [2.05, 4.69) is 43.5 Å². The fourth-order valence-electron chi connectivity index (χ4n) is 3.18. The summed E-state index contributed by atoms with van der Waals surface area (Å²) in [4.78, 5) is 14.5. The molecule has 0 aliphatic carbocycles. The van der Waals surface area contributed by atoms with E-state index in [9.17, 15) is 4.79 Å². The minimum Gasteiger partial charge on any atom is -0.353 e. The van der Waals surface area contributed by atoms with E-state index in [4.69, 9.17) is 0 Å². The molecule has 20 heavy (non-hydrogen) atoms. The molecule has 118 valence electrons. The van der Waals surface area contributed by atoms with Crippen molar-refractivity contribution in [2.75, 3.05) is 27.2 Å². The predicted octanol–water partition coefficient (Wildman–Crippen LogP) is 2.00. The summed E-state index contributed by atoms with van der Waals surface area (Å²) in [5.74, 6) is 0.831. The third-order valence-electron chi connectivity index (χ3n) is 4.62. The van der Waals surface area contributed by atoms with Crippen LogP contribution >= 0.6 is 0 Å². The van der Waals surface area contributed by atoms with Gasteiger partial charge in [0.1, 0.15) is 0 Å². The summed E-state index contributed by atoms with van der Waals surface area (Å²) in [5.41, 5.74) is 0. The highest BCUT2D eigenvalue weighted by Gasteiger charge is 2.24. The molecule has 0 saturated carbocycles. The van der Waals surface area contributed by atoms with Gasteiger partial charge in [0.2, 0.25) is 5.91 Å². The van der Waals surface area contributed by atoms with Crippen molar-refractivity contribution in [2.45, 2.75) is 64.5 Å². The van der Waals surface area contributed by atoms with E-state index in [-0.39, 0.29) is 11.9 Å². The number of nitrogens with one attached hydrogen (secondary N) is 2. The Morgan fingerprint density at radius 2 is 1.95 bits per heavy atom. The molecule has 2 atom stereocenters. The Morgan fingerprint density at radius 3 is 2.55 bits per heavy atom. The zero-order chi connectivity index (χ0) is 15.0. The van der Waals surface area contributed by atoms with E-state index in [1.165, 1.54) is 12.8 Å². The summed E-state index contributed by atoms with van der Waals surface area (Å²) < 4.78 is 0. The second-order valence-corrected chi connectivity index (χ2v) is 6.21. The van der Waals surface area contributed by atoms with Crippen LogP contribution in [0.4, 0.5) is 0 Å². The van der Waals surface area contributed by atoms with Gasteiger partial charge in [0, 0.05) is 12.6 Å². The van der Waals surface area contributed by atoms with Crippen LogP contribution in [0, 0.1) is 5.92 Å². The van der Waals surface area contributed by atoms with Crippen LogP contribution in [0.25, 0.3) is 0 Å². The number of hydrogen-bond acceptors (Lipinski definition) is 3. The van der Waals surface area contributed by atoms with Crippen LogP contribution in [0.3, 0.4) is 0 Å². The molecular formula is C16H33N3O. The molecule has 0 radical (unpaired) electrons. The lowest BCUT2D eigenvalue weighted by atomic mass is 9.93. The third-order valence-corrected chi connectivity index (χ3v) is 4.62. The summed E-state index contributed by atoms with van der Waals surface area (Å²) in [7, 11) is 4.22. The minimum absolute atomic E-state index is 0.0158. The van der Waals surface area contributed by atoms with E-state index in [0.29, 0.717) is 12.0 Å². The Morgan fingerprint density at radius 1 is 1.25 bits per heavy atom. The average molecular weight is 283 g/mol. The standard InChI is InChI=1S/C16H33N3O/c1-5-13(6-2)15(19(3)4)12-18-16(20)14-10-8-7-9-11-17-14/h13-15,17H,5-12H2,1-4H3,(H,18,20). The molecule has 0 bridgehead atoms. The second kappa shape index (κ2) is 9.35. The summed E-state index contributed by atoms with van der Waals surface area (Å²) in [6.45, 7) is 6.21. The van der Waals surface area contributed by atoms with Crippen LogP contribution in [0.15, 0.2) is 0 Å². The molecule has 1 aliphatic heterocycles. The first-order valence-corrected chi connectivity index (χ1v) is 8.27. The molecule has 0 aromatic heterocycles. The lowest BCUT2D eigenvalue weighted by molar-refractivity contribution is -0.123. The van der Waals surface area contributed by atoms with Crippen molar-refractivity contribution in [2.24, 2.45) is 5.92 Å². The van der Waals surface area contributed by atoms with Crippen LogP contribution in [-0.4, -0.2) is 50.1 Å². The van der Waals surface area contributed by atoms with E-state index in [0.717, 1.165) is 38.8 Å². The van der Waals surface area contributed by atoms with Crippen molar-refractivity contribution in [3.05, 3.63) is 0 Å². The molecule has 2 N–H and O–H groups in total. The minimum atomic E-state index is 0.0158. The van der Waals surface area contributed by atoms with Gasteiger partial charge in [-0.15, -0.1) is 0 Å². The lowest BCUT2D eigenvalue weighted by Gasteiger charge is -2.32. The molecule has 0 aromatic rings. The van der Waals surface area contributed by atoms with Crippen LogP contribution in [0.2, 0.25) is 0 Å². The largest absolute Gasteiger partial charge is 0.353 e. The lowest BCUT2D eigenvalue weighted by Crippen LogP contribution is -2.49. The topological polar surface area (TPSA) is 44.4 Å². The summed E-state index contributed by atoms with van der Waals surface area (Å²) >= 11 is 0. The highest BCUT2D eigenvalue weighted by Crippen LogP contribution is 2.16. The van der Waals surface area contributed by atoms with Gasteiger partial charge >= 0.3 is 0 Å². The van der Waals surface area contributed by atoms with Gasteiger partial charge < -0.3 is 15.5 Å². The van der Waals surface area contributed by atoms with E-state index < -0.39 is 0 Å². The van der Waals surface area contributed by atoms with Gasteiger partial charge in [-0.05, 0) is 39.4 Å². The second-order valence-electron chi connectivity index (χ2n) is 6.21. The highest BCUT2D eigenvalue weighted by molar-refractivity contribution is 5.81. The predicted molar refractivity (Wildman–Crippen MR) is 84.8 cm³/mol. The number of amides is 1. The zero-order valence-corrected chi connectivity index (χ0v) is 13.7. The molecule has 1 rings (SSSR count). The summed E-state index contributed by atoms with van der Waals surface area (Å²) in [6.07, 6.45) is 6.90. The van der Waals surface area contributed by atoms with Crippen molar-refractivity contribution in [3.63, 3.8) is 0 Å². The van der Waals surface area contributed by atoms with Crippen LogP contribution < -0.4 is 10.6 Å². The van der Waals surface area contributed by atoms with Crippen molar-refractivity contribution in [1.29, 1.82) is 0 Å². The number of rotatable bonds is 7. The molecule has 1 fully saturated rings. The molecule has 1 heterocycles. The summed E-state index contributed by atoms with van der Waals surface area (Å²) in [5, 5.41) is 6.53. The quantitative estimate of drug-likeness (QED) is 0.751. The van der Waals surface area contributed by atoms with Crippen LogP contribution in [0.5, 0.6) is 0 Å². The van der Waals surface area contributed by atoms with Crippen LogP contribution in [-0.2, 0) is 4.79 Å². The molecule has 0 aromatic carbocycles. The Hall–Kier alpha value is -0.610. The first-order valence-electron chi connectivity index (χ1n) is 8.27. The first-order chi connectivity index (χ1) is 9.60. The number of likely N-dealkylation sites (N-methyl/N-ethyl adjacent to an activating group) is 1. The zero-order valence-electron chi connectivity index (χ0n) is 13.7. The number of carbonyl (C=O) groups is 1. The van der Waals surface area contributed by atoms with Gasteiger partial charge in [0.05, 0.1) is 6.04 Å². The van der Waals surface area contributed by atoms with Crippen molar-refractivity contribution in [1.82, 2.24) is 15.5 Å². The van der Waals surface area contributed by atoms with Crippen molar-refractivity contribution in [3.8, 4) is 0 Å². The maximum atomic E-state index is 12.3. The van der Waals surface area contributed by atoms with Gasteiger partial charge in [0.25, 0.3) is 0 Å². The SMILES string of the molecule is CCC(CC)C(CNC(=O)C1CCCCCN1)N(C)C. The third kappa shape index (κ3) is 5.41. The van der Waals surface area contributed by atoms with Gasteiger partial charge in [-0.1, -0.05) is 39.5 Å². The van der Waals surface area contributed by atoms with Crippen molar-refractivity contribution < 1.29 is 4.79 Å². The molecular weight excluding hydrogens is 250 g/mol. The molecule has 4 heteroatoms. The Bertz CT molecular complexity index is 269. The number of nitrogens with zero attached hydrogens (tertiary/aromatic N) is 1. The van der Waals surface area contributed by atoms with Crippen LogP contribution in [0.1, 0.15) is 52.4 Å². The molecule has 1 saturated heterocycles. The molecule has 1 amide bonds. The molecule has 2 unspecified atom stereocenters. The maximum Gasteiger partial charge on any atom is 0.237 e. The maximum absolute atomic E-state index is 12.3. The average Bonchev–Trinajstić information content (AvgIpc) is 2.71. The number of hydrogen-bond donors (Lipinski definition) is 2. The Balaban J connectivity index is 2.47. The van der Waals surface area contributed by atoms with Gasteiger partial charge in [-0.2, -0.15) is 0 Å².